The van der Waals surface area contributed by atoms with Crippen LogP contribution in [0, 0.1) is 6.92 Å². The normalized spacial score (nSPS) is 16.9. The average molecular weight is 337 g/mol. The number of para-hydroxylation sites is 1. The van der Waals surface area contributed by atoms with Gasteiger partial charge in [0.05, 0.1) is 6.04 Å². The van der Waals surface area contributed by atoms with Crippen LogP contribution in [0.4, 0.5) is 0 Å². The first-order valence-corrected chi connectivity index (χ1v) is 8.32. The van der Waals surface area contributed by atoms with E-state index in [0.717, 1.165) is 28.8 Å². The third kappa shape index (κ3) is 2.43. The molecule has 0 saturated carbocycles. The third-order valence-electron chi connectivity index (χ3n) is 4.94. The number of hydrogen-bond donors (Lipinski definition) is 0. The quantitative estimate of drug-likeness (QED) is 0.685. The number of aryl methyl sites for hydroxylation is 1. The molecule has 0 bridgehead atoms. The van der Waals surface area contributed by atoms with Crippen LogP contribution in [0.5, 0.6) is 0 Å². The Hall–Kier alpha value is -2.96. The molecule has 0 N–H and O–H groups in total. The van der Waals surface area contributed by atoms with Crippen molar-refractivity contribution in [3.05, 3.63) is 47.7 Å². The van der Waals surface area contributed by atoms with Crippen LogP contribution in [0.15, 0.2) is 30.5 Å². The highest BCUT2D eigenvalue weighted by Gasteiger charge is 2.30. The molecule has 0 spiro atoms. The molecule has 0 saturated heterocycles. The van der Waals surface area contributed by atoms with Gasteiger partial charge in [-0.05, 0) is 19.9 Å². The molecule has 1 aliphatic rings. The molecule has 0 fully saturated rings. The second kappa shape index (κ2) is 5.84. The number of nitrogens with zero attached hydrogens (tertiary/aromatic N) is 5. The van der Waals surface area contributed by atoms with E-state index in [1.165, 1.54) is 0 Å². The molecule has 1 amide bonds. The highest BCUT2D eigenvalue weighted by molar-refractivity contribution is 5.98. The number of aromatic nitrogens is 4. The summed E-state index contributed by atoms with van der Waals surface area (Å²) in [6, 6.07) is 7.51. The summed E-state index contributed by atoms with van der Waals surface area (Å²) >= 11 is 0. The van der Waals surface area contributed by atoms with Gasteiger partial charge in [0, 0.05) is 35.8 Å². The van der Waals surface area contributed by atoms with Gasteiger partial charge in [-0.3, -0.25) is 9.59 Å². The van der Waals surface area contributed by atoms with Crippen LogP contribution in [0.3, 0.4) is 0 Å². The lowest BCUT2D eigenvalue weighted by molar-refractivity contribution is -0.135. The van der Waals surface area contributed by atoms with Crippen molar-refractivity contribution in [2.45, 2.75) is 33.0 Å². The van der Waals surface area contributed by atoms with Crippen molar-refractivity contribution in [1.29, 1.82) is 0 Å². The maximum absolute atomic E-state index is 12.9. The number of benzene rings is 1. The van der Waals surface area contributed by atoms with E-state index < -0.39 is 0 Å². The Balaban J connectivity index is 1.62. The van der Waals surface area contributed by atoms with Gasteiger partial charge in [0.2, 0.25) is 5.91 Å². The first kappa shape index (κ1) is 15.6. The number of hydrogen-bond acceptors (Lipinski definition) is 4. The highest BCUT2D eigenvalue weighted by atomic mass is 16.2. The van der Waals surface area contributed by atoms with Crippen molar-refractivity contribution in [1.82, 2.24) is 24.2 Å². The minimum Gasteiger partial charge on any atom is -0.337 e. The summed E-state index contributed by atoms with van der Waals surface area (Å²) < 4.78 is 3.91. The van der Waals surface area contributed by atoms with Crippen LogP contribution in [0.2, 0.25) is 0 Å². The maximum Gasteiger partial charge on any atom is 0.243 e. The number of carbonyl (C=O) groups is 2. The summed E-state index contributed by atoms with van der Waals surface area (Å²) in [6.07, 6.45) is 2.58. The molecule has 128 valence electrons. The number of amides is 1. The van der Waals surface area contributed by atoms with Crippen LogP contribution in [0.1, 0.15) is 35.0 Å². The van der Waals surface area contributed by atoms with E-state index in [0.29, 0.717) is 18.7 Å². The first-order chi connectivity index (χ1) is 12.1. The Morgan fingerprint density at radius 3 is 2.88 bits per heavy atom. The van der Waals surface area contributed by atoms with Crippen molar-refractivity contribution in [3.8, 4) is 0 Å². The van der Waals surface area contributed by atoms with Gasteiger partial charge in [0.1, 0.15) is 12.4 Å². The van der Waals surface area contributed by atoms with Gasteiger partial charge in [0.25, 0.3) is 0 Å². The second-order valence-electron chi connectivity index (χ2n) is 6.37. The van der Waals surface area contributed by atoms with Gasteiger partial charge in [-0.15, -0.1) is 10.2 Å². The fourth-order valence-corrected chi connectivity index (χ4v) is 3.60. The number of fused-ring (bicyclic) bond motifs is 2. The zero-order valence-electron chi connectivity index (χ0n) is 14.2. The summed E-state index contributed by atoms with van der Waals surface area (Å²) in [6.45, 7) is 5.43. The van der Waals surface area contributed by atoms with Crippen LogP contribution >= 0.6 is 0 Å². The largest absolute Gasteiger partial charge is 0.337 e. The third-order valence-corrected chi connectivity index (χ3v) is 4.94. The van der Waals surface area contributed by atoms with E-state index in [1.54, 1.807) is 6.20 Å². The fraction of sp³-hybridized carbons (Fsp3) is 0.333. The summed E-state index contributed by atoms with van der Waals surface area (Å²) in [7, 11) is 0. The Kier molecular flexibility index (Phi) is 3.63. The minimum atomic E-state index is -0.116. The minimum absolute atomic E-state index is 0.0117. The maximum atomic E-state index is 12.9. The smallest absolute Gasteiger partial charge is 0.243 e. The number of carbonyl (C=O) groups excluding carboxylic acids is 2. The molecule has 3 heterocycles. The summed E-state index contributed by atoms with van der Waals surface area (Å²) in [5.74, 6) is 1.71. The second-order valence-corrected chi connectivity index (χ2v) is 6.37. The van der Waals surface area contributed by atoms with Crippen LogP contribution < -0.4 is 0 Å². The molecular weight excluding hydrogens is 318 g/mol. The van der Waals surface area contributed by atoms with Crippen molar-refractivity contribution >= 4 is 23.1 Å². The Morgan fingerprint density at radius 2 is 2.08 bits per heavy atom. The van der Waals surface area contributed by atoms with Gasteiger partial charge >= 0.3 is 0 Å². The molecule has 7 nitrogen and oxygen atoms in total. The van der Waals surface area contributed by atoms with E-state index in [1.807, 2.05) is 47.6 Å². The van der Waals surface area contributed by atoms with Crippen molar-refractivity contribution < 1.29 is 9.59 Å². The lowest BCUT2D eigenvalue weighted by atomic mass is 10.2. The van der Waals surface area contributed by atoms with Crippen molar-refractivity contribution in [3.63, 3.8) is 0 Å². The Bertz CT molecular complexity index is 971. The molecule has 1 unspecified atom stereocenters. The van der Waals surface area contributed by atoms with Gasteiger partial charge < -0.3 is 14.0 Å². The van der Waals surface area contributed by atoms with Gasteiger partial charge in [0.15, 0.2) is 12.1 Å². The summed E-state index contributed by atoms with van der Waals surface area (Å²) in [5, 5.41) is 9.19. The SMILES string of the molecule is Cc1nnc2n1CCN(C(=O)Cn1cc(C=O)c3ccccc31)C2C. The molecule has 3 aromatic rings. The molecule has 25 heavy (non-hydrogen) atoms. The summed E-state index contributed by atoms with van der Waals surface area (Å²) in [5.41, 5.74) is 1.49. The van der Waals surface area contributed by atoms with E-state index in [2.05, 4.69) is 14.8 Å². The zero-order valence-corrected chi connectivity index (χ0v) is 14.2. The number of aldehydes is 1. The van der Waals surface area contributed by atoms with Gasteiger partial charge in [-0.2, -0.15) is 0 Å². The topological polar surface area (TPSA) is 73.0 Å². The van der Waals surface area contributed by atoms with Gasteiger partial charge in [-0.25, -0.2) is 0 Å². The average Bonchev–Trinajstić information content (AvgIpc) is 3.17. The Labute approximate surface area is 144 Å². The van der Waals surface area contributed by atoms with E-state index >= 15 is 0 Å². The van der Waals surface area contributed by atoms with Crippen molar-refractivity contribution in [2.75, 3.05) is 6.54 Å². The molecule has 0 radical (unpaired) electrons. The zero-order chi connectivity index (χ0) is 17.6. The van der Waals surface area contributed by atoms with Gasteiger partial charge in [-0.1, -0.05) is 18.2 Å². The molecule has 1 aromatic carbocycles. The van der Waals surface area contributed by atoms with Crippen LogP contribution in [-0.4, -0.2) is 43.0 Å². The molecule has 4 rings (SSSR count). The molecule has 1 aliphatic heterocycles. The van der Waals surface area contributed by atoms with E-state index in [9.17, 15) is 9.59 Å². The first-order valence-electron chi connectivity index (χ1n) is 8.32. The molecular formula is C18H19N5O2. The standard InChI is InChI=1S/C18H19N5O2/c1-12-18-20-19-13(2)23(18)8-7-22(12)17(25)10-21-9-14(11-24)15-5-3-4-6-16(15)21/h3-6,9,11-12H,7-8,10H2,1-2H3. The predicted octanol–water partition coefficient (Wildman–Crippen LogP) is 1.96. The molecule has 1 atom stereocenters. The molecule has 2 aromatic heterocycles. The lowest BCUT2D eigenvalue weighted by Crippen LogP contribution is -2.42. The summed E-state index contributed by atoms with van der Waals surface area (Å²) in [4.78, 5) is 26.0. The van der Waals surface area contributed by atoms with Crippen LogP contribution in [0.25, 0.3) is 10.9 Å². The van der Waals surface area contributed by atoms with E-state index in [4.69, 9.17) is 0 Å². The Morgan fingerprint density at radius 1 is 1.28 bits per heavy atom. The lowest BCUT2D eigenvalue weighted by Gasteiger charge is -2.33. The van der Waals surface area contributed by atoms with Crippen molar-refractivity contribution in [2.24, 2.45) is 0 Å². The molecule has 7 heteroatoms. The monoisotopic (exact) mass is 337 g/mol. The highest BCUT2D eigenvalue weighted by Crippen LogP contribution is 2.25. The predicted molar refractivity (Wildman–Crippen MR) is 92.2 cm³/mol. The number of rotatable bonds is 3. The molecule has 0 aliphatic carbocycles. The fourth-order valence-electron chi connectivity index (χ4n) is 3.60. The van der Waals surface area contributed by atoms with E-state index in [-0.39, 0.29) is 18.5 Å². The van der Waals surface area contributed by atoms with Crippen LogP contribution in [-0.2, 0) is 17.9 Å².